The van der Waals surface area contributed by atoms with Crippen molar-refractivity contribution in [3.63, 3.8) is 0 Å². The second kappa shape index (κ2) is 13.0. The molecule has 2 heteroatoms. The van der Waals surface area contributed by atoms with Gasteiger partial charge in [0, 0.05) is 30.9 Å². The average Bonchev–Trinajstić information content (AvgIpc) is 3.89. The van der Waals surface area contributed by atoms with Crippen molar-refractivity contribution in [2.24, 2.45) is 0 Å². The molecule has 1 nitrogen and oxygen atoms in total. The van der Waals surface area contributed by atoms with Crippen LogP contribution in [0.15, 0.2) is 211 Å². The number of thiophene rings is 1. The monoisotopic (exact) mass is 778 g/mol. The maximum atomic E-state index is 6.88. The first-order chi connectivity index (χ1) is 29.8. The van der Waals surface area contributed by atoms with E-state index in [9.17, 15) is 0 Å². The zero-order valence-electron chi connectivity index (χ0n) is 32.4. The van der Waals surface area contributed by atoms with Crippen LogP contribution in [0.1, 0.15) is 0 Å². The summed E-state index contributed by atoms with van der Waals surface area (Å²) in [5, 5.41) is 14.8. The van der Waals surface area contributed by atoms with E-state index in [1.165, 1.54) is 102 Å². The summed E-state index contributed by atoms with van der Waals surface area (Å²) in [4.78, 5) is 0. The fraction of sp³-hybridized carbons (Fsp3) is 0. The summed E-state index contributed by atoms with van der Waals surface area (Å²) in [7, 11) is 0. The minimum atomic E-state index is 0.888. The fourth-order valence-electron chi connectivity index (χ4n) is 10.1. The third kappa shape index (κ3) is 4.92. The quantitative estimate of drug-likeness (QED) is 0.128. The lowest BCUT2D eigenvalue weighted by molar-refractivity contribution is 0.669. The van der Waals surface area contributed by atoms with Crippen LogP contribution in [0.5, 0.6) is 0 Å². The van der Waals surface area contributed by atoms with E-state index in [0.29, 0.717) is 0 Å². The van der Waals surface area contributed by atoms with Crippen molar-refractivity contribution in [2.45, 2.75) is 0 Å². The number of furan rings is 1. The van der Waals surface area contributed by atoms with Crippen molar-refractivity contribution in [1.82, 2.24) is 0 Å². The number of para-hydroxylation sites is 1. The standard InChI is InChI=1S/C58H34OS/c1-2-16-35(17-3-1)37-31-48(58-47-27-13-15-29-53(47)60-54(58)34-37)38-32-50(57-46-26-12-14-28-51(46)59-52(57)33-38)56-44-24-10-8-22-42(44)55(43-23-9-11-25-45(43)56)49-30-36-18-4-5-19-39(36)40-20-6-7-21-41(40)49/h1-34H. The topological polar surface area (TPSA) is 13.1 Å². The van der Waals surface area contributed by atoms with Crippen LogP contribution in [0.2, 0.25) is 0 Å². The van der Waals surface area contributed by atoms with E-state index >= 15 is 0 Å². The molecule has 13 aromatic rings. The highest BCUT2D eigenvalue weighted by Gasteiger charge is 2.24. The second-order valence-corrected chi connectivity index (χ2v) is 17.0. The smallest absolute Gasteiger partial charge is 0.136 e. The number of rotatable bonds is 4. The van der Waals surface area contributed by atoms with E-state index in [-0.39, 0.29) is 0 Å². The molecule has 13 rings (SSSR count). The van der Waals surface area contributed by atoms with E-state index in [1.54, 1.807) is 0 Å². The van der Waals surface area contributed by atoms with Gasteiger partial charge in [-0.1, -0.05) is 164 Å². The molecule has 2 heterocycles. The molecule has 0 aliphatic heterocycles. The molecular formula is C58H34OS. The zero-order chi connectivity index (χ0) is 39.3. The molecule has 0 amide bonds. The Balaban J connectivity index is 1.18. The molecule has 0 spiro atoms. The fourth-order valence-corrected chi connectivity index (χ4v) is 11.2. The van der Waals surface area contributed by atoms with Crippen molar-refractivity contribution < 1.29 is 4.42 Å². The first-order valence-electron chi connectivity index (χ1n) is 20.6. The van der Waals surface area contributed by atoms with Crippen LogP contribution in [-0.2, 0) is 0 Å². The van der Waals surface area contributed by atoms with E-state index in [0.717, 1.165) is 27.5 Å². The Labute approximate surface area is 350 Å². The molecular weight excluding hydrogens is 745 g/mol. The zero-order valence-corrected chi connectivity index (χ0v) is 33.3. The first-order valence-corrected chi connectivity index (χ1v) is 21.4. The van der Waals surface area contributed by atoms with Gasteiger partial charge in [0.05, 0.1) is 0 Å². The molecule has 60 heavy (non-hydrogen) atoms. The van der Waals surface area contributed by atoms with Gasteiger partial charge >= 0.3 is 0 Å². The van der Waals surface area contributed by atoms with Gasteiger partial charge in [0.15, 0.2) is 0 Å². The third-order valence-corrected chi connectivity index (χ3v) is 13.7. The maximum Gasteiger partial charge on any atom is 0.136 e. The van der Waals surface area contributed by atoms with Gasteiger partial charge in [-0.3, -0.25) is 0 Å². The Morgan fingerprint density at radius 3 is 1.57 bits per heavy atom. The molecule has 0 unspecified atom stereocenters. The lowest BCUT2D eigenvalue weighted by atomic mass is 9.82. The molecule has 11 aromatic carbocycles. The normalized spacial score (nSPS) is 12.0. The highest BCUT2D eigenvalue weighted by Crippen LogP contribution is 2.51. The SMILES string of the molecule is c1ccc(-c2cc(-c3cc(-c4c5ccccc5c(-c5cc6ccccc6c6ccccc56)c5ccccc45)c4c(c3)oc3ccccc34)c3c(c2)sc2ccccc23)cc1. The molecule has 0 radical (unpaired) electrons. The van der Waals surface area contributed by atoms with E-state index in [2.05, 4.69) is 206 Å². The molecule has 0 N–H and O–H groups in total. The summed E-state index contributed by atoms with van der Waals surface area (Å²) in [6.07, 6.45) is 0. The van der Waals surface area contributed by atoms with Crippen LogP contribution in [0.3, 0.4) is 0 Å². The highest BCUT2D eigenvalue weighted by atomic mass is 32.1. The Morgan fingerprint density at radius 1 is 0.283 bits per heavy atom. The molecule has 0 atom stereocenters. The Bertz CT molecular complexity index is 3830. The third-order valence-electron chi connectivity index (χ3n) is 12.6. The Kier molecular flexibility index (Phi) is 7.24. The average molecular weight is 779 g/mol. The van der Waals surface area contributed by atoms with Gasteiger partial charge in [-0.05, 0) is 130 Å². The highest BCUT2D eigenvalue weighted by molar-refractivity contribution is 7.26. The van der Waals surface area contributed by atoms with Crippen LogP contribution in [0, 0.1) is 0 Å². The largest absolute Gasteiger partial charge is 0.456 e. The maximum absolute atomic E-state index is 6.88. The molecule has 0 aliphatic carbocycles. The summed E-state index contributed by atoms with van der Waals surface area (Å²) < 4.78 is 9.45. The summed E-state index contributed by atoms with van der Waals surface area (Å²) in [6, 6.07) is 75.8. The predicted octanol–water partition coefficient (Wildman–Crippen LogP) is 17.2. The van der Waals surface area contributed by atoms with Crippen LogP contribution < -0.4 is 0 Å². The van der Waals surface area contributed by atoms with Crippen LogP contribution >= 0.6 is 11.3 Å². The molecule has 0 bridgehead atoms. The lowest BCUT2D eigenvalue weighted by Crippen LogP contribution is -1.93. The first kappa shape index (κ1) is 33.5. The second-order valence-electron chi connectivity index (χ2n) is 15.9. The number of fused-ring (bicyclic) bond motifs is 11. The van der Waals surface area contributed by atoms with Crippen LogP contribution in [0.4, 0.5) is 0 Å². The van der Waals surface area contributed by atoms with Gasteiger partial charge in [0.25, 0.3) is 0 Å². The van der Waals surface area contributed by atoms with Crippen molar-refractivity contribution in [3.8, 4) is 44.5 Å². The molecule has 0 fully saturated rings. The minimum Gasteiger partial charge on any atom is -0.456 e. The summed E-state index contributed by atoms with van der Waals surface area (Å²) >= 11 is 1.87. The van der Waals surface area contributed by atoms with Gasteiger partial charge in [-0.25, -0.2) is 0 Å². The van der Waals surface area contributed by atoms with E-state index < -0.39 is 0 Å². The molecule has 0 aliphatic rings. The van der Waals surface area contributed by atoms with E-state index in [4.69, 9.17) is 4.42 Å². The number of hydrogen-bond acceptors (Lipinski definition) is 2. The molecule has 0 saturated heterocycles. The predicted molar refractivity (Wildman–Crippen MR) is 258 cm³/mol. The van der Waals surface area contributed by atoms with Crippen molar-refractivity contribution in [1.29, 1.82) is 0 Å². The Hall–Kier alpha value is -7.52. The molecule has 2 aromatic heterocycles. The van der Waals surface area contributed by atoms with Crippen LogP contribution in [0.25, 0.3) is 130 Å². The van der Waals surface area contributed by atoms with E-state index in [1.807, 2.05) is 11.3 Å². The van der Waals surface area contributed by atoms with Crippen molar-refractivity contribution in [3.05, 3.63) is 206 Å². The lowest BCUT2D eigenvalue weighted by Gasteiger charge is -2.20. The molecule has 278 valence electrons. The van der Waals surface area contributed by atoms with Crippen molar-refractivity contribution >= 4 is 96.5 Å². The summed E-state index contributed by atoms with van der Waals surface area (Å²) in [5.41, 5.74) is 11.4. The Morgan fingerprint density at radius 2 is 0.833 bits per heavy atom. The van der Waals surface area contributed by atoms with Crippen molar-refractivity contribution in [2.75, 3.05) is 0 Å². The van der Waals surface area contributed by atoms with Gasteiger partial charge in [-0.15, -0.1) is 11.3 Å². The molecule has 0 saturated carbocycles. The summed E-state index contributed by atoms with van der Waals surface area (Å²) in [5.74, 6) is 0. The van der Waals surface area contributed by atoms with Gasteiger partial charge in [0.2, 0.25) is 0 Å². The van der Waals surface area contributed by atoms with Gasteiger partial charge in [0.1, 0.15) is 11.2 Å². The summed E-state index contributed by atoms with van der Waals surface area (Å²) in [6.45, 7) is 0. The van der Waals surface area contributed by atoms with Gasteiger partial charge in [-0.2, -0.15) is 0 Å². The minimum absolute atomic E-state index is 0.888. The van der Waals surface area contributed by atoms with Crippen LogP contribution in [-0.4, -0.2) is 0 Å². The number of benzene rings is 11. The van der Waals surface area contributed by atoms with Gasteiger partial charge < -0.3 is 4.42 Å². The number of hydrogen-bond donors (Lipinski definition) is 0.